The van der Waals surface area contributed by atoms with Crippen LogP contribution in [0.25, 0.3) is 0 Å². The number of carbonyl (C=O) groups is 2. The second kappa shape index (κ2) is 20.9. The summed E-state index contributed by atoms with van der Waals surface area (Å²) in [7, 11) is 4.21. The summed E-state index contributed by atoms with van der Waals surface area (Å²) >= 11 is 0. The van der Waals surface area contributed by atoms with Crippen LogP contribution in [0.15, 0.2) is 54.2 Å². The van der Waals surface area contributed by atoms with Crippen molar-refractivity contribution in [2.45, 2.75) is 189 Å². The Hall–Kier alpha value is -2.80. The van der Waals surface area contributed by atoms with Crippen LogP contribution in [-0.2, 0) is 25.5 Å². The predicted octanol–water partition coefficient (Wildman–Crippen LogP) is 6.79. The highest BCUT2D eigenvalue weighted by molar-refractivity contribution is 8.76. The van der Waals surface area contributed by atoms with E-state index in [0.717, 1.165) is 49.3 Å². The Morgan fingerprint density at radius 3 is 2.55 bits per heavy atom. The average molecular weight is 1220 g/mol. The number of epoxide rings is 1. The molecule has 15 aliphatic rings. The first-order valence-corrected chi connectivity index (χ1v) is 35.2. The van der Waals surface area contributed by atoms with Gasteiger partial charge in [-0.15, -0.1) is 5.92 Å². The molecule has 17 heteroatoms. The van der Waals surface area contributed by atoms with Gasteiger partial charge in [-0.2, -0.15) is 0 Å². The summed E-state index contributed by atoms with van der Waals surface area (Å²) in [6.45, 7) is 8.44. The van der Waals surface area contributed by atoms with E-state index in [1.54, 1.807) is 30.2 Å². The van der Waals surface area contributed by atoms with Crippen molar-refractivity contribution in [3.8, 4) is 17.6 Å². The molecule has 16 rings (SSSR count). The molecule has 1 aromatic carbocycles. The lowest BCUT2D eigenvalue weighted by Crippen LogP contribution is -2.72. The van der Waals surface area contributed by atoms with Crippen LogP contribution < -0.4 is 10.2 Å². The standard InChI is InChI=1S/C69H94N2O13S2/c1-39(2)40(3)55-57(84-55)67(81)20-8-11-43-28-50-51-30-53(75)65(32-54(76)63(80,38-73)35-60(50,65)4)59(79)86-85-34-44-12-7-18-61(37-72)21-16-49-47-13-6-10-41-14-22-62(31-41,19-9-25-83-5)70-33-48(47)56(77)66(49)36-71(58(78)69(44,61)66)45-26-42(27-46(74)29-45)15-23-64(43)52(67)17-24-68(51,64)82/h8,11,16,21,26-27,29-30,39-41,43-44,47-50,52,54-57,59,70,72-74,76-77,79-82H,7,9-10,12,14-15,17-20,22-25,28,31-38H2,1-5H3/t40-,41+,43-,44+,47+,48-,49-,50+,52+,54-,55+,56-,57-,59+,60-,61-,62-,63-,64-,65+,66-,67-,68-,69+/m1/s1. The van der Waals surface area contributed by atoms with Crippen molar-refractivity contribution in [2.24, 2.45) is 91.7 Å². The van der Waals surface area contributed by atoms with Crippen molar-refractivity contribution >= 4 is 39.0 Å². The van der Waals surface area contributed by atoms with Crippen LogP contribution in [-0.4, -0.2) is 156 Å². The maximum absolute atomic E-state index is 17.1. The molecule has 8 fully saturated rings. The molecule has 6 heterocycles. The summed E-state index contributed by atoms with van der Waals surface area (Å²) in [5.41, 5.74) is -13.1. The molecule has 15 nitrogen and oxygen atoms in total. The number of hydrogen-bond acceptors (Lipinski definition) is 16. The number of nitrogens with zero attached hydrogens (tertiary/aromatic N) is 1. The minimum absolute atomic E-state index is 0.0513. The van der Waals surface area contributed by atoms with Crippen LogP contribution in [0, 0.1) is 104 Å². The van der Waals surface area contributed by atoms with E-state index in [0.29, 0.717) is 80.8 Å². The number of ketones is 1. The normalized spacial score (nSPS) is 50.8. The van der Waals surface area contributed by atoms with Gasteiger partial charge in [-0.1, -0.05) is 85.9 Å². The second-order valence-electron chi connectivity index (χ2n) is 30.8. The zero-order valence-corrected chi connectivity index (χ0v) is 52.6. The molecule has 1 amide bonds. The number of methoxy groups -OCH3 is 1. The lowest BCUT2D eigenvalue weighted by molar-refractivity contribution is -0.235. The molecule has 2 saturated heterocycles. The van der Waals surface area contributed by atoms with Crippen molar-refractivity contribution in [1.29, 1.82) is 0 Å². The number of fused-ring (bicyclic) bond motifs is 5. The molecule has 9 aliphatic carbocycles. The van der Waals surface area contributed by atoms with Gasteiger partial charge in [-0.05, 0) is 167 Å². The van der Waals surface area contributed by atoms with Crippen molar-refractivity contribution in [2.75, 3.05) is 50.7 Å². The third-order valence-electron chi connectivity index (χ3n) is 27.4. The number of anilines is 1. The van der Waals surface area contributed by atoms with Gasteiger partial charge < -0.3 is 65.6 Å². The number of aromatic hydroxyl groups is 1. The quantitative estimate of drug-likeness (QED) is 0.0402. The van der Waals surface area contributed by atoms with Gasteiger partial charge in [-0.3, -0.25) is 9.59 Å². The molecular formula is C69H94N2O13S2. The first-order chi connectivity index (χ1) is 41.0. The van der Waals surface area contributed by atoms with Gasteiger partial charge in [0.1, 0.15) is 28.5 Å². The fourth-order valence-electron chi connectivity index (χ4n) is 23.1. The number of rotatable bonds is 9. The van der Waals surface area contributed by atoms with Gasteiger partial charge in [0, 0.05) is 96.2 Å². The first kappa shape index (κ1) is 60.7. The summed E-state index contributed by atoms with van der Waals surface area (Å²) < 4.78 is 12.1. The molecule has 6 aliphatic heterocycles. The molecule has 24 atom stereocenters. The topological polar surface area (TPSA) is 253 Å². The molecule has 0 unspecified atom stereocenters. The number of carbonyl (C=O) groups excluding carboxylic acids is 2. The summed E-state index contributed by atoms with van der Waals surface area (Å²) in [6, 6.07) is 5.35. The van der Waals surface area contributed by atoms with E-state index < -0.39 is 121 Å². The van der Waals surface area contributed by atoms with E-state index in [2.05, 4.69) is 56.2 Å². The summed E-state index contributed by atoms with van der Waals surface area (Å²) in [5.74, 6) is 4.57. The van der Waals surface area contributed by atoms with Crippen molar-refractivity contribution < 1.29 is 65.0 Å². The minimum Gasteiger partial charge on any atom is -0.508 e. The molecule has 4 spiro atoms. The van der Waals surface area contributed by atoms with E-state index in [9.17, 15) is 46.0 Å². The lowest BCUT2D eigenvalue weighted by atomic mass is 9.38. The maximum atomic E-state index is 17.1. The Kier molecular flexibility index (Phi) is 14.7. The number of aliphatic hydroxyl groups is 8. The zero-order valence-electron chi connectivity index (χ0n) is 51.0. The molecule has 6 saturated carbocycles. The highest BCUT2D eigenvalue weighted by Crippen LogP contribution is 2.79. The van der Waals surface area contributed by atoms with Gasteiger partial charge in [0.2, 0.25) is 5.91 Å². The number of allylic oxidation sites excluding steroid dienone is 3. The zero-order chi connectivity index (χ0) is 60.6. The number of nitrogens with one attached hydrogen (secondary N) is 1. The molecule has 0 aromatic heterocycles. The van der Waals surface area contributed by atoms with Crippen LogP contribution in [0.5, 0.6) is 5.75 Å². The Bertz CT molecular complexity index is 3080. The van der Waals surface area contributed by atoms with Crippen molar-refractivity contribution in [1.82, 2.24) is 5.32 Å². The summed E-state index contributed by atoms with van der Waals surface area (Å²) in [4.78, 5) is 34.9. The van der Waals surface area contributed by atoms with E-state index in [-0.39, 0.29) is 85.6 Å². The van der Waals surface area contributed by atoms with E-state index in [4.69, 9.17) is 9.47 Å². The molecular weight excluding hydrogens is 1130 g/mol. The van der Waals surface area contributed by atoms with Crippen LogP contribution in [0.4, 0.5) is 5.69 Å². The van der Waals surface area contributed by atoms with Crippen molar-refractivity contribution in [3.05, 3.63) is 59.7 Å². The fraction of sp³-hybridized carbons (Fsp3) is 0.768. The van der Waals surface area contributed by atoms with Gasteiger partial charge in [-0.25, -0.2) is 0 Å². The number of ether oxygens (including phenoxy) is 2. The minimum atomic E-state index is -2.05. The molecule has 470 valence electrons. The number of benzene rings is 1. The van der Waals surface area contributed by atoms with Crippen LogP contribution in [0.3, 0.4) is 0 Å². The number of aryl methyl sites for hydroxylation is 1. The number of amides is 1. The van der Waals surface area contributed by atoms with E-state index >= 15 is 9.59 Å². The Morgan fingerprint density at radius 1 is 0.965 bits per heavy atom. The summed E-state index contributed by atoms with van der Waals surface area (Å²) in [5, 5.41) is 119. The number of aliphatic hydroxyl groups excluding tert-OH is 5. The van der Waals surface area contributed by atoms with Gasteiger partial charge in [0.25, 0.3) is 0 Å². The second-order valence-corrected chi connectivity index (χ2v) is 33.3. The van der Waals surface area contributed by atoms with Crippen molar-refractivity contribution in [3.63, 3.8) is 0 Å². The number of hydrogen-bond donors (Lipinski definition) is 10. The van der Waals surface area contributed by atoms with Gasteiger partial charge in [0.05, 0.1) is 48.0 Å². The predicted molar refractivity (Wildman–Crippen MR) is 328 cm³/mol. The van der Waals surface area contributed by atoms with Gasteiger partial charge >= 0.3 is 0 Å². The smallest absolute Gasteiger partial charge is 0.235 e. The summed E-state index contributed by atoms with van der Waals surface area (Å²) in [6.07, 6.45) is 15.2. The monoisotopic (exact) mass is 1220 g/mol. The number of phenols is 1. The first-order valence-electron chi connectivity index (χ1n) is 32.9. The SMILES string of the molecule is COCCC[C@]12CC[C@H](CC#C[C@H]3[C@@H](CN1)[C@@H](O)[C@]14CN5C(=O)[C@]16[C@@H](CCC[C@]6(CO)C=C[C@H]34)CSS[C@H](O)[C@@]13C[C@@H](O)[C@](O)(CO)C[C@]1(C)[C@H]1C[C@H]4C=CC[C@](O)([C@@H]6O[C@H]6[C@H](C)C(C)C)[C@H]6CC[C@@](O)(C1=CC3=O)[C@]46CCc1cc(O)cc5c1)C2. The average Bonchev–Trinajstić information content (AvgIpc) is 1.38. The highest BCUT2D eigenvalue weighted by atomic mass is 33.1. The molecule has 86 heavy (non-hydrogen) atoms. The van der Waals surface area contributed by atoms with Crippen LogP contribution in [0.2, 0.25) is 0 Å². The largest absolute Gasteiger partial charge is 0.508 e. The third kappa shape index (κ3) is 7.83. The third-order valence-corrected chi connectivity index (χ3v) is 30.0. The molecule has 0 radical (unpaired) electrons. The molecule has 1 aromatic rings. The lowest BCUT2D eigenvalue weighted by Gasteiger charge is -2.68. The van der Waals surface area contributed by atoms with Gasteiger partial charge in [0.15, 0.2) is 5.78 Å². The fourth-order valence-corrected chi connectivity index (χ4v) is 26.2. The van der Waals surface area contributed by atoms with Crippen LogP contribution >= 0.6 is 21.6 Å². The van der Waals surface area contributed by atoms with Crippen LogP contribution in [0.1, 0.15) is 136 Å². The Morgan fingerprint density at radius 2 is 1.78 bits per heavy atom. The highest BCUT2D eigenvalue weighted by Gasteiger charge is 2.84. The Labute approximate surface area is 515 Å². The number of phenolic OH excluding ortho intramolecular Hbond substituents is 1. The molecule has 10 bridgehead atoms. The maximum Gasteiger partial charge on any atom is 0.235 e. The Balaban J connectivity index is 0.949. The van der Waals surface area contributed by atoms with E-state index in [1.807, 2.05) is 19.1 Å². The molecule has 10 N–H and O–H groups in total. The van der Waals surface area contributed by atoms with E-state index in [1.165, 1.54) is 10.8 Å².